The van der Waals surface area contributed by atoms with Gasteiger partial charge in [0.05, 0.1) is 25.9 Å². The largest absolute Gasteiger partial charge is 0.507 e. The van der Waals surface area contributed by atoms with Crippen LogP contribution in [-0.4, -0.2) is 59.1 Å². The Balaban J connectivity index is 1.58. The average Bonchev–Trinajstić information content (AvgIpc) is 3.61. The molecule has 2 atom stereocenters. The van der Waals surface area contributed by atoms with Crippen molar-refractivity contribution >= 4 is 5.91 Å². The highest BCUT2D eigenvalue weighted by molar-refractivity contribution is 6.00. The lowest BCUT2D eigenvalue weighted by molar-refractivity contribution is 0.0495. The van der Waals surface area contributed by atoms with Crippen LogP contribution in [0, 0.1) is 13.8 Å². The molecule has 0 spiro atoms. The summed E-state index contributed by atoms with van der Waals surface area (Å²) in [5.41, 5.74) is 5.17. The van der Waals surface area contributed by atoms with Gasteiger partial charge in [0, 0.05) is 24.3 Å². The molecular formula is C30H37N3O5. The van der Waals surface area contributed by atoms with Crippen LogP contribution in [0.25, 0.3) is 11.3 Å². The molecule has 1 fully saturated rings. The summed E-state index contributed by atoms with van der Waals surface area (Å²) < 4.78 is 17.6. The van der Waals surface area contributed by atoms with Gasteiger partial charge in [0.25, 0.3) is 5.91 Å². The summed E-state index contributed by atoms with van der Waals surface area (Å²) in [7, 11) is 1.63. The van der Waals surface area contributed by atoms with E-state index in [1.54, 1.807) is 13.2 Å². The van der Waals surface area contributed by atoms with Gasteiger partial charge >= 0.3 is 0 Å². The van der Waals surface area contributed by atoms with Gasteiger partial charge < -0.3 is 24.2 Å². The molecule has 0 saturated carbocycles. The fourth-order valence-electron chi connectivity index (χ4n) is 5.69. The third kappa shape index (κ3) is 4.85. The van der Waals surface area contributed by atoms with Crippen molar-refractivity contribution in [2.24, 2.45) is 0 Å². The molecule has 2 N–H and O–H groups in total. The molecule has 2 aliphatic rings. The van der Waals surface area contributed by atoms with Crippen molar-refractivity contribution in [3.63, 3.8) is 0 Å². The van der Waals surface area contributed by atoms with Gasteiger partial charge in [0.15, 0.2) is 11.5 Å². The van der Waals surface area contributed by atoms with Crippen LogP contribution in [0.2, 0.25) is 0 Å². The van der Waals surface area contributed by atoms with Gasteiger partial charge in [-0.25, -0.2) is 0 Å². The van der Waals surface area contributed by atoms with E-state index in [1.165, 1.54) is 0 Å². The van der Waals surface area contributed by atoms with Crippen molar-refractivity contribution < 1.29 is 24.1 Å². The van der Waals surface area contributed by atoms with Crippen molar-refractivity contribution in [1.29, 1.82) is 0 Å². The summed E-state index contributed by atoms with van der Waals surface area (Å²) in [5, 5.41) is 18.5. The van der Waals surface area contributed by atoms with E-state index in [1.807, 2.05) is 43.0 Å². The minimum absolute atomic E-state index is 0.0144. The van der Waals surface area contributed by atoms with Crippen LogP contribution in [0.5, 0.6) is 17.2 Å². The van der Waals surface area contributed by atoms with Gasteiger partial charge in [-0.2, -0.15) is 5.10 Å². The van der Waals surface area contributed by atoms with Gasteiger partial charge in [-0.1, -0.05) is 31.9 Å². The molecular weight excluding hydrogens is 482 g/mol. The number of amides is 1. The van der Waals surface area contributed by atoms with Gasteiger partial charge in [-0.05, 0) is 68.0 Å². The lowest BCUT2D eigenvalue weighted by atomic mass is 9.93. The molecule has 5 rings (SSSR count). The second kappa shape index (κ2) is 11.1. The molecule has 1 aromatic heterocycles. The van der Waals surface area contributed by atoms with E-state index in [9.17, 15) is 9.90 Å². The van der Waals surface area contributed by atoms with E-state index in [-0.39, 0.29) is 17.8 Å². The summed E-state index contributed by atoms with van der Waals surface area (Å²) in [4.78, 5) is 15.6. The number of carbonyl (C=O) groups excluding carboxylic acids is 1. The number of carbonyl (C=O) groups is 1. The number of fused-ring (bicyclic) bond motifs is 1. The molecule has 0 radical (unpaired) electrons. The number of rotatable bonds is 10. The highest BCUT2D eigenvalue weighted by Gasteiger charge is 2.44. The number of H-pyrrole nitrogens is 1. The highest BCUT2D eigenvalue weighted by atomic mass is 16.5. The van der Waals surface area contributed by atoms with Gasteiger partial charge in [-0.15, -0.1) is 0 Å². The van der Waals surface area contributed by atoms with Crippen molar-refractivity contribution in [3.8, 4) is 28.5 Å². The molecule has 1 amide bonds. The average molecular weight is 520 g/mol. The zero-order valence-corrected chi connectivity index (χ0v) is 22.7. The minimum atomic E-state index is -0.418. The number of unbranched alkanes of at least 4 members (excludes halogenated alkanes) is 2. The van der Waals surface area contributed by atoms with Crippen LogP contribution in [0.3, 0.4) is 0 Å². The number of phenolic OH excluding ortho intramolecular Hbond substituents is 1. The first-order valence-electron chi connectivity index (χ1n) is 13.5. The zero-order valence-electron chi connectivity index (χ0n) is 22.7. The number of nitrogens with one attached hydrogen (secondary N) is 1. The fraction of sp³-hybridized carbons (Fsp3) is 0.467. The Morgan fingerprint density at radius 3 is 2.74 bits per heavy atom. The van der Waals surface area contributed by atoms with Crippen LogP contribution in [0.4, 0.5) is 0 Å². The van der Waals surface area contributed by atoms with E-state index in [2.05, 4.69) is 17.1 Å². The molecule has 38 heavy (non-hydrogen) atoms. The van der Waals surface area contributed by atoms with E-state index in [4.69, 9.17) is 14.2 Å². The first-order valence-corrected chi connectivity index (χ1v) is 13.5. The Hall–Kier alpha value is -3.52. The number of hydrogen-bond donors (Lipinski definition) is 2. The number of aryl methyl sites for hydroxylation is 2. The smallest absolute Gasteiger partial charge is 0.273 e. The Kier molecular flexibility index (Phi) is 7.61. The Bertz CT molecular complexity index is 1290. The number of hydrogen-bond acceptors (Lipinski definition) is 6. The Morgan fingerprint density at radius 1 is 1.18 bits per heavy atom. The first kappa shape index (κ1) is 26.1. The Morgan fingerprint density at radius 2 is 2.03 bits per heavy atom. The van der Waals surface area contributed by atoms with Crippen LogP contribution < -0.4 is 9.47 Å². The normalized spacial score (nSPS) is 18.7. The van der Waals surface area contributed by atoms with Gasteiger partial charge in [-0.3, -0.25) is 9.89 Å². The summed E-state index contributed by atoms with van der Waals surface area (Å²) in [6.45, 7) is 7.87. The number of phenols is 1. The number of aromatic hydroxyl groups is 1. The van der Waals surface area contributed by atoms with E-state index in [0.29, 0.717) is 48.2 Å². The number of aromatic nitrogens is 2. The third-order valence-corrected chi connectivity index (χ3v) is 7.49. The summed E-state index contributed by atoms with van der Waals surface area (Å²) in [6.07, 6.45) is 5.11. The van der Waals surface area contributed by atoms with Crippen molar-refractivity contribution in [1.82, 2.24) is 15.1 Å². The van der Waals surface area contributed by atoms with Crippen LogP contribution >= 0.6 is 0 Å². The predicted octanol–water partition coefficient (Wildman–Crippen LogP) is 5.70. The molecule has 0 bridgehead atoms. The molecule has 1 saturated heterocycles. The second-order valence-electron chi connectivity index (χ2n) is 10.3. The molecule has 3 heterocycles. The molecule has 2 aliphatic heterocycles. The first-order chi connectivity index (χ1) is 18.4. The number of aromatic amines is 1. The van der Waals surface area contributed by atoms with Crippen molar-refractivity contribution in [2.75, 3.05) is 26.9 Å². The number of benzene rings is 2. The lowest BCUT2D eigenvalue weighted by Gasteiger charge is -2.29. The molecule has 2 unspecified atom stereocenters. The maximum Gasteiger partial charge on any atom is 0.273 e. The third-order valence-electron chi connectivity index (χ3n) is 7.49. The number of ether oxygens (including phenoxy) is 3. The number of nitrogens with zero attached hydrogens (tertiary/aromatic N) is 2. The SMILES string of the molecule is CCCCCOc1ccc(C2c3c(-c4c(C)cc(C)cc4O)n[nH]c3C(=O)N2CC2CCCO2)cc1OC. The fourth-order valence-corrected chi connectivity index (χ4v) is 5.69. The quantitative estimate of drug-likeness (QED) is 0.334. The molecule has 2 aromatic carbocycles. The second-order valence-corrected chi connectivity index (χ2v) is 10.3. The molecule has 8 heteroatoms. The van der Waals surface area contributed by atoms with E-state index < -0.39 is 6.04 Å². The molecule has 202 valence electrons. The predicted molar refractivity (Wildman–Crippen MR) is 145 cm³/mol. The minimum Gasteiger partial charge on any atom is -0.507 e. The monoisotopic (exact) mass is 519 g/mol. The van der Waals surface area contributed by atoms with E-state index >= 15 is 0 Å². The number of methoxy groups -OCH3 is 1. The summed E-state index contributed by atoms with van der Waals surface area (Å²) >= 11 is 0. The van der Waals surface area contributed by atoms with Crippen molar-refractivity contribution in [2.45, 2.75) is 65.0 Å². The van der Waals surface area contributed by atoms with Crippen LogP contribution in [0.15, 0.2) is 30.3 Å². The topological polar surface area (TPSA) is 96.9 Å². The van der Waals surface area contributed by atoms with Crippen molar-refractivity contribution in [3.05, 3.63) is 58.3 Å². The molecule has 3 aromatic rings. The Labute approximate surface area is 223 Å². The molecule has 0 aliphatic carbocycles. The van der Waals surface area contributed by atoms with E-state index in [0.717, 1.165) is 54.4 Å². The molecule has 8 nitrogen and oxygen atoms in total. The highest BCUT2D eigenvalue weighted by Crippen LogP contribution is 2.47. The summed E-state index contributed by atoms with van der Waals surface area (Å²) in [6, 6.07) is 9.18. The maximum atomic E-state index is 13.7. The maximum absolute atomic E-state index is 13.7. The standard InChI is InChI=1S/C30H37N3O5/c1-5-6-7-12-38-23-11-10-20(16-24(23)36-4)29-26-27(25-19(3)14-18(2)15-22(25)34)31-32-28(26)30(35)33(29)17-21-9-8-13-37-21/h10-11,14-16,21,29,34H,5-9,12-13,17H2,1-4H3,(H,31,32). The van der Waals surface area contributed by atoms with Crippen LogP contribution in [0.1, 0.15) is 77.8 Å². The lowest BCUT2D eigenvalue weighted by Crippen LogP contribution is -2.36. The van der Waals surface area contributed by atoms with Gasteiger partial charge in [0.1, 0.15) is 17.1 Å². The zero-order chi connectivity index (χ0) is 26.8. The van der Waals surface area contributed by atoms with Gasteiger partial charge in [0.2, 0.25) is 0 Å². The van der Waals surface area contributed by atoms with Crippen LogP contribution in [-0.2, 0) is 4.74 Å². The summed E-state index contributed by atoms with van der Waals surface area (Å²) in [5.74, 6) is 1.33.